The third kappa shape index (κ3) is 4.79. The number of aryl methyl sites for hydroxylation is 2. The summed E-state index contributed by atoms with van der Waals surface area (Å²) in [6, 6.07) is 10.9. The van der Waals surface area contributed by atoms with Gasteiger partial charge < -0.3 is 5.32 Å². The van der Waals surface area contributed by atoms with Crippen LogP contribution in [0.4, 0.5) is 15.8 Å². The van der Waals surface area contributed by atoms with E-state index in [2.05, 4.69) is 5.32 Å². The molecule has 0 fully saturated rings. The second-order valence-electron chi connectivity index (χ2n) is 5.76. The number of nitrogens with one attached hydrogen (secondary N) is 1. The van der Waals surface area contributed by atoms with Gasteiger partial charge in [-0.2, -0.15) is 0 Å². The van der Waals surface area contributed by atoms with E-state index in [-0.39, 0.29) is 12.2 Å². The number of nitrogens with zero attached hydrogens (tertiary/aromatic N) is 1. The zero-order chi connectivity index (χ0) is 18.6. The highest BCUT2D eigenvalue weighted by Gasteiger charge is 2.24. The molecule has 0 heterocycles. The quantitative estimate of drug-likeness (QED) is 0.856. The fourth-order valence-electron chi connectivity index (χ4n) is 2.62. The van der Waals surface area contributed by atoms with Crippen molar-refractivity contribution in [3.05, 3.63) is 59.4 Å². The van der Waals surface area contributed by atoms with Crippen molar-refractivity contribution in [2.45, 2.75) is 20.3 Å². The Morgan fingerprint density at radius 3 is 2.48 bits per heavy atom. The van der Waals surface area contributed by atoms with Gasteiger partial charge in [0.2, 0.25) is 15.9 Å². The van der Waals surface area contributed by atoms with E-state index in [0.29, 0.717) is 12.1 Å². The number of amides is 1. The lowest BCUT2D eigenvalue weighted by molar-refractivity contribution is -0.114. The van der Waals surface area contributed by atoms with Gasteiger partial charge in [-0.15, -0.1) is 0 Å². The molecule has 0 bridgehead atoms. The molecule has 0 spiro atoms. The first kappa shape index (κ1) is 18.9. The number of halogens is 1. The standard InChI is InChI=1S/C18H21FN2O3S/c1-4-14-8-5-7-13(2)18(14)21(25(3,23)24)12-17(22)20-16-10-6-9-15(19)11-16/h5-11H,4,12H2,1-3H3,(H,20,22). The Morgan fingerprint density at radius 1 is 1.20 bits per heavy atom. The third-order valence-corrected chi connectivity index (χ3v) is 4.86. The number of hydrogen-bond donors (Lipinski definition) is 1. The number of carbonyl (C=O) groups excluding carboxylic acids is 1. The second kappa shape index (κ2) is 7.65. The molecule has 134 valence electrons. The first-order valence-corrected chi connectivity index (χ1v) is 9.69. The van der Waals surface area contributed by atoms with E-state index in [0.717, 1.165) is 21.7 Å². The van der Waals surface area contributed by atoms with Crippen molar-refractivity contribution in [2.24, 2.45) is 0 Å². The van der Waals surface area contributed by atoms with Crippen molar-refractivity contribution in [1.29, 1.82) is 0 Å². The van der Waals surface area contributed by atoms with Crippen molar-refractivity contribution < 1.29 is 17.6 Å². The molecule has 0 radical (unpaired) electrons. The first-order valence-electron chi connectivity index (χ1n) is 7.84. The van der Waals surface area contributed by atoms with Gasteiger partial charge >= 0.3 is 0 Å². The van der Waals surface area contributed by atoms with Gasteiger partial charge in [0.15, 0.2) is 0 Å². The van der Waals surface area contributed by atoms with Crippen molar-refractivity contribution in [3.63, 3.8) is 0 Å². The molecule has 2 aromatic rings. The Bertz CT molecular complexity index is 882. The number of rotatable bonds is 6. The number of hydrogen-bond acceptors (Lipinski definition) is 3. The van der Waals surface area contributed by atoms with Gasteiger partial charge in [0.25, 0.3) is 0 Å². The molecule has 2 rings (SSSR count). The Balaban J connectivity index is 2.33. The smallest absolute Gasteiger partial charge is 0.245 e. The van der Waals surface area contributed by atoms with E-state index in [9.17, 15) is 17.6 Å². The van der Waals surface area contributed by atoms with E-state index in [1.165, 1.54) is 24.3 Å². The number of anilines is 2. The highest BCUT2D eigenvalue weighted by atomic mass is 32.2. The fraction of sp³-hybridized carbons (Fsp3) is 0.278. The Hall–Kier alpha value is -2.41. The maximum atomic E-state index is 13.2. The topological polar surface area (TPSA) is 66.5 Å². The molecule has 2 aromatic carbocycles. The van der Waals surface area contributed by atoms with Crippen LogP contribution in [0.5, 0.6) is 0 Å². The third-order valence-electron chi connectivity index (χ3n) is 3.75. The van der Waals surface area contributed by atoms with Crippen LogP contribution in [0.3, 0.4) is 0 Å². The summed E-state index contributed by atoms with van der Waals surface area (Å²) in [4.78, 5) is 12.3. The molecule has 1 amide bonds. The van der Waals surface area contributed by atoms with Gasteiger partial charge in [0, 0.05) is 5.69 Å². The Morgan fingerprint density at radius 2 is 1.88 bits per heavy atom. The molecule has 0 atom stereocenters. The second-order valence-corrected chi connectivity index (χ2v) is 7.67. The zero-order valence-corrected chi connectivity index (χ0v) is 15.2. The van der Waals surface area contributed by atoms with Crippen LogP contribution in [0.15, 0.2) is 42.5 Å². The van der Waals surface area contributed by atoms with Gasteiger partial charge in [-0.05, 0) is 42.7 Å². The van der Waals surface area contributed by atoms with Crippen LogP contribution < -0.4 is 9.62 Å². The van der Waals surface area contributed by atoms with Crippen LogP contribution in [0.25, 0.3) is 0 Å². The van der Waals surface area contributed by atoms with Crippen LogP contribution in [0.2, 0.25) is 0 Å². The van der Waals surface area contributed by atoms with Crippen LogP contribution in [-0.4, -0.2) is 27.1 Å². The normalized spacial score (nSPS) is 11.2. The summed E-state index contributed by atoms with van der Waals surface area (Å²) < 4.78 is 38.9. The monoisotopic (exact) mass is 364 g/mol. The number of carbonyl (C=O) groups is 1. The van der Waals surface area contributed by atoms with Gasteiger partial charge in [-0.1, -0.05) is 31.2 Å². The summed E-state index contributed by atoms with van der Waals surface area (Å²) in [5.74, 6) is -1.02. The molecule has 5 nitrogen and oxygen atoms in total. The molecule has 0 aliphatic heterocycles. The van der Waals surface area contributed by atoms with Gasteiger partial charge in [0.05, 0.1) is 11.9 Å². The SMILES string of the molecule is CCc1cccc(C)c1N(CC(=O)Nc1cccc(F)c1)S(C)(=O)=O. The molecule has 0 aliphatic rings. The maximum absolute atomic E-state index is 13.2. The summed E-state index contributed by atoms with van der Waals surface area (Å²) in [5, 5.41) is 2.53. The number of benzene rings is 2. The van der Waals surface area contributed by atoms with E-state index in [1.807, 2.05) is 19.1 Å². The van der Waals surface area contributed by atoms with E-state index in [1.54, 1.807) is 13.0 Å². The molecule has 0 aromatic heterocycles. The molecule has 0 saturated heterocycles. The lowest BCUT2D eigenvalue weighted by Crippen LogP contribution is -2.38. The summed E-state index contributed by atoms with van der Waals surface area (Å²) in [6.07, 6.45) is 1.70. The maximum Gasteiger partial charge on any atom is 0.245 e. The molecule has 0 unspecified atom stereocenters. The molecule has 1 N–H and O–H groups in total. The average Bonchev–Trinajstić information content (AvgIpc) is 2.51. The van der Waals surface area contributed by atoms with Crippen molar-refractivity contribution in [2.75, 3.05) is 22.4 Å². The Labute approximate surface area is 147 Å². The summed E-state index contributed by atoms with van der Waals surface area (Å²) in [5.41, 5.74) is 2.40. The zero-order valence-electron chi connectivity index (χ0n) is 14.4. The van der Waals surface area contributed by atoms with Gasteiger partial charge in [-0.25, -0.2) is 12.8 Å². The van der Waals surface area contributed by atoms with Crippen LogP contribution in [-0.2, 0) is 21.2 Å². The average molecular weight is 364 g/mol. The lowest BCUT2D eigenvalue weighted by atomic mass is 10.1. The van der Waals surface area contributed by atoms with Crippen molar-refractivity contribution in [1.82, 2.24) is 0 Å². The minimum absolute atomic E-state index is 0.277. The summed E-state index contributed by atoms with van der Waals surface area (Å²) in [6.45, 7) is 3.34. The predicted molar refractivity (Wildman–Crippen MR) is 97.8 cm³/mol. The highest BCUT2D eigenvalue weighted by molar-refractivity contribution is 7.92. The highest BCUT2D eigenvalue weighted by Crippen LogP contribution is 2.27. The predicted octanol–water partition coefficient (Wildman–Crippen LogP) is 3.10. The fourth-order valence-corrected chi connectivity index (χ4v) is 3.57. The molecule has 0 aliphatic carbocycles. The van der Waals surface area contributed by atoms with Crippen LogP contribution >= 0.6 is 0 Å². The lowest BCUT2D eigenvalue weighted by Gasteiger charge is -2.26. The van der Waals surface area contributed by atoms with E-state index < -0.39 is 21.7 Å². The van der Waals surface area contributed by atoms with E-state index >= 15 is 0 Å². The molecular weight excluding hydrogens is 343 g/mol. The molecular formula is C18H21FN2O3S. The summed E-state index contributed by atoms with van der Waals surface area (Å²) >= 11 is 0. The van der Waals surface area contributed by atoms with Crippen molar-refractivity contribution in [3.8, 4) is 0 Å². The molecule has 7 heteroatoms. The largest absolute Gasteiger partial charge is 0.324 e. The Kier molecular flexibility index (Phi) is 5.79. The minimum atomic E-state index is -3.67. The van der Waals surface area contributed by atoms with Gasteiger partial charge in [0.1, 0.15) is 12.4 Å². The van der Waals surface area contributed by atoms with E-state index in [4.69, 9.17) is 0 Å². The summed E-state index contributed by atoms with van der Waals surface area (Å²) in [7, 11) is -3.67. The van der Waals surface area contributed by atoms with Crippen LogP contribution in [0, 0.1) is 12.7 Å². The molecule has 0 saturated carbocycles. The number of sulfonamides is 1. The van der Waals surface area contributed by atoms with Gasteiger partial charge in [-0.3, -0.25) is 9.10 Å². The van der Waals surface area contributed by atoms with Crippen molar-refractivity contribution >= 4 is 27.3 Å². The molecule has 25 heavy (non-hydrogen) atoms. The number of para-hydroxylation sites is 1. The van der Waals surface area contributed by atoms with Crippen LogP contribution in [0.1, 0.15) is 18.1 Å². The minimum Gasteiger partial charge on any atom is -0.324 e. The first-order chi connectivity index (χ1) is 11.7.